The molecule has 5 atom stereocenters. The highest BCUT2D eigenvalue weighted by Gasteiger charge is 2.49. The van der Waals surface area contributed by atoms with Crippen LogP contribution in [-0.2, 0) is 0 Å². The molecule has 2 fully saturated rings. The highest BCUT2D eigenvalue weighted by atomic mass is 32.2. The maximum atomic E-state index is 5.56. The van der Waals surface area contributed by atoms with E-state index in [1.165, 1.54) is 37.0 Å². The van der Waals surface area contributed by atoms with Crippen LogP contribution in [0, 0.1) is 29.6 Å². The van der Waals surface area contributed by atoms with Crippen molar-refractivity contribution in [3.8, 4) is 0 Å². The minimum absolute atomic E-state index is 0.852. The van der Waals surface area contributed by atoms with Crippen molar-refractivity contribution >= 4 is 39.3 Å². The van der Waals surface area contributed by atoms with Crippen LogP contribution in [0.25, 0.3) is 0 Å². The molecule has 0 saturated heterocycles. The standard InChI is InChI=1S/C23H32S3/c1-4-5-9-16(2)22-17(3)21-15-19(22)14-18(21)12-13-25-23(24)26-20-10-7-6-8-11-20/h6-8,10-12,16-17,19,21-22H,4-5,9,13-15H2,1-3H3/b18-12-. The van der Waals surface area contributed by atoms with Gasteiger partial charge in [0.1, 0.15) is 3.53 Å². The smallest absolute Gasteiger partial charge is 0.103 e. The van der Waals surface area contributed by atoms with Crippen molar-refractivity contribution in [2.24, 2.45) is 29.6 Å². The van der Waals surface area contributed by atoms with Crippen molar-refractivity contribution in [3.05, 3.63) is 42.0 Å². The molecule has 2 bridgehead atoms. The van der Waals surface area contributed by atoms with E-state index in [9.17, 15) is 0 Å². The summed E-state index contributed by atoms with van der Waals surface area (Å²) < 4.78 is 1.04. The summed E-state index contributed by atoms with van der Waals surface area (Å²) in [5.74, 6) is 5.59. The van der Waals surface area contributed by atoms with Crippen molar-refractivity contribution in [1.29, 1.82) is 0 Å². The Balaban J connectivity index is 1.48. The first-order valence-corrected chi connectivity index (χ1v) is 12.4. The molecule has 26 heavy (non-hydrogen) atoms. The summed E-state index contributed by atoms with van der Waals surface area (Å²) in [6.07, 6.45) is 9.48. The molecule has 0 N–H and O–H groups in total. The number of hydrogen-bond acceptors (Lipinski definition) is 3. The summed E-state index contributed by atoms with van der Waals surface area (Å²) >= 11 is 9.10. The van der Waals surface area contributed by atoms with Crippen LogP contribution in [0.3, 0.4) is 0 Å². The molecule has 0 amide bonds. The topological polar surface area (TPSA) is 0 Å². The van der Waals surface area contributed by atoms with E-state index in [4.69, 9.17) is 12.2 Å². The zero-order valence-electron chi connectivity index (χ0n) is 16.3. The molecule has 0 nitrogen and oxygen atoms in total. The quantitative estimate of drug-likeness (QED) is 0.258. The van der Waals surface area contributed by atoms with Crippen molar-refractivity contribution < 1.29 is 0 Å². The second-order valence-electron chi connectivity index (χ2n) is 8.12. The maximum absolute atomic E-state index is 5.56. The Hall–Kier alpha value is -0.250. The van der Waals surface area contributed by atoms with E-state index in [0.717, 1.165) is 38.9 Å². The molecule has 2 aliphatic rings. The van der Waals surface area contributed by atoms with E-state index in [-0.39, 0.29) is 0 Å². The summed E-state index contributed by atoms with van der Waals surface area (Å²) in [5, 5.41) is 0. The Labute approximate surface area is 174 Å². The first kappa shape index (κ1) is 20.5. The Morgan fingerprint density at radius 1 is 1.31 bits per heavy atom. The fourth-order valence-electron chi connectivity index (χ4n) is 5.33. The van der Waals surface area contributed by atoms with Gasteiger partial charge < -0.3 is 0 Å². The molecule has 0 heterocycles. The number of thiocarbonyl (C=S) groups is 1. The first-order chi connectivity index (χ1) is 12.6. The number of thioether (sulfide) groups is 2. The number of hydrogen-bond donors (Lipinski definition) is 0. The summed E-state index contributed by atoms with van der Waals surface area (Å²) in [4.78, 5) is 1.25. The minimum atomic E-state index is 0.852. The second-order valence-corrected chi connectivity index (χ2v) is 11.4. The van der Waals surface area contributed by atoms with Crippen LogP contribution in [0.1, 0.15) is 52.9 Å². The van der Waals surface area contributed by atoms with Gasteiger partial charge in [-0.2, -0.15) is 0 Å². The Morgan fingerprint density at radius 3 is 2.77 bits per heavy atom. The highest BCUT2D eigenvalue weighted by Crippen LogP contribution is 2.57. The molecule has 0 aliphatic heterocycles. The van der Waals surface area contributed by atoms with Crippen molar-refractivity contribution in [2.45, 2.75) is 57.8 Å². The minimum Gasteiger partial charge on any atom is -0.103 e. The van der Waals surface area contributed by atoms with Crippen molar-refractivity contribution in [1.82, 2.24) is 0 Å². The molecule has 5 unspecified atom stereocenters. The average Bonchev–Trinajstić information content (AvgIpc) is 3.18. The fourth-order valence-corrected chi connectivity index (χ4v) is 7.47. The van der Waals surface area contributed by atoms with Crippen LogP contribution in [0.15, 0.2) is 46.9 Å². The molecule has 1 aromatic carbocycles. The Bertz CT molecular complexity index is 620. The van der Waals surface area contributed by atoms with Gasteiger partial charge in [0.15, 0.2) is 0 Å². The largest absolute Gasteiger partial charge is 0.109 e. The molecule has 2 saturated carbocycles. The van der Waals surface area contributed by atoms with Gasteiger partial charge in [0.05, 0.1) is 0 Å². The lowest BCUT2D eigenvalue weighted by atomic mass is 9.71. The van der Waals surface area contributed by atoms with Crippen LogP contribution < -0.4 is 0 Å². The van der Waals surface area contributed by atoms with E-state index in [1.807, 2.05) is 11.8 Å². The van der Waals surface area contributed by atoms with Crippen LogP contribution in [-0.4, -0.2) is 9.28 Å². The molecular weight excluding hydrogens is 372 g/mol. The highest BCUT2D eigenvalue weighted by molar-refractivity contribution is 8.47. The van der Waals surface area contributed by atoms with Crippen molar-refractivity contribution in [2.75, 3.05) is 5.75 Å². The molecule has 3 rings (SSSR count). The Kier molecular flexibility index (Phi) is 7.72. The molecular formula is C23H32S3. The van der Waals surface area contributed by atoms with Gasteiger partial charge in [0.2, 0.25) is 0 Å². The molecule has 1 aromatic rings. The lowest BCUT2D eigenvalue weighted by Crippen LogP contribution is -2.27. The van der Waals surface area contributed by atoms with Gasteiger partial charge in [-0.1, -0.05) is 93.9 Å². The van der Waals surface area contributed by atoms with Crippen LogP contribution in [0.2, 0.25) is 0 Å². The third-order valence-corrected chi connectivity index (χ3v) is 8.93. The van der Waals surface area contributed by atoms with Crippen molar-refractivity contribution in [3.63, 3.8) is 0 Å². The molecule has 0 spiro atoms. The van der Waals surface area contributed by atoms with Crippen LogP contribution >= 0.6 is 35.7 Å². The third-order valence-electron chi connectivity index (χ3n) is 6.48. The number of rotatable bonds is 7. The predicted octanol–water partition coefficient (Wildman–Crippen LogP) is 7.84. The van der Waals surface area contributed by atoms with Gasteiger partial charge in [0.25, 0.3) is 0 Å². The van der Waals surface area contributed by atoms with E-state index in [2.05, 4.69) is 57.2 Å². The lowest BCUT2D eigenvalue weighted by Gasteiger charge is -2.34. The number of allylic oxidation sites excluding steroid dienone is 1. The fraction of sp³-hybridized carbons (Fsp3) is 0.609. The van der Waals surface area contributed by atoms with E-state index < -0.39 is 0 Å². The van der Waals surface area contributed by atoms with E-state index in [1.54, 1.807) is 17.3 Å². The van der Waals surface area contributed by atoms with Gasteiger partial charge in [-0.25, -0.2) is 0 Å². The van der Waals surface area contributed by atoms with Gasteiger partial charge in [0, 0.05) is 10.6 Å². The summed E-state index contributed by atoms with van der Waals surface area (Å²) in [5.41, 5.74) is 1.74. The van der Waals surface area contributed by atoms with E-state index in [0.29, 0.717) is 0 Å². The second kappa shape index (κ2) is 9.80. The number of fused-ring (bicyclic) bond motifs is 2. The zero-order valence-corrected chi connectivity index (χ0v) is 18.8. The summed E-state index contributed by atoms with van der Waals surface area (Å²) in [7, 11) is 0. The van der Waals surface area contributed by atoms with Gasteiger partial charge in [-0.15, -0.1) is 11.8 Å². The van der Waals surface area contributed by atoms with Gasteiger partial charge >= 0.3 is 0 Å². The normalized spacial score (nSPS) is 30.0. The molecule has 142 valence electrons. The lowest BCUT2D eigenvalue weighted by molar-refractivity contribution is 0.186. The summed E-state index contributed by atoms with van der Waals surface area (Å²) in [6, 6.07) is 10.5. The average molecular weight is 405 g/mol. The first-order valence-electron chi connectivity index (χ1n) is 10.2. The number of unbranched alkanes of at least 4 members (excludes halogenated alkanes) is 1. The monoisotopic (exact) mass is 404 g/mol. The maximum Gasteiger partial charge on any atom is 0.109 e. The van der Waals surface area contributed by atoms with Crippen LogP contribution in [0.5, 0.6) is 0 Å². The molecule has 0 radical (unpaired) electrons. The van der Waals surface area contributed by atoms with Gasteiger partial charge in [-0.05, 0) is 54.6 Å². The van der Waals surface area contributed by atoms with Crippen LogP contribution in [0.4, 0.5) is 0 Å². The van der Waals surface area contributed by atoms with E-state index >= 15 is 0 Å². The molecule has 0 aromatic heterocycles. The molecule has 3 heteroatoms. The SMILES string of the molecule is CCCCC(C)C1C2C/C(=C/CSC(=S)Sc3ccccc3)C(C2)C1C. The number of benzene rings is 1. The molecule has 2 aliphatic carbocycles. The predicted molar refractivity (Wildman–Crippen MR) is 123 cm³/mol. The zero-order chi connectivity index (χ0) is 18.5. The van der Waals surface area contributed by atoms with Gasteiger partial charge in [-0.3, -0.25) is 0 Å². The Morgan fingerprint density at radius 2 is 2.08 bits per heavy atom. The summed E-state index contributed by atoms with van der Waals surface area (Å²) in [6.45, 7) is 7.35. The third kappa shape index (κ3) is 4.97.